The third-order valence-corrected chi connectivity index (χ3v) is 24.1. The van der Waals surface area contributed by atoms with Crippen molar-refractivity contribution in [3.63, 3.8) is 0 Å². The molecule has 0 N–H and O–H groups in total. The molecule has 0 radical (unpaired) electrons. The van der Waals surface area contributed by atoms with Crippen molar-refractivity contribution in [3.05, 3.63) is 158 Å². The smallest absolute Gasteiger partial charge is 1.00 e. The van der Waals surface area contributed by atoms with Crippen molar-refractivity contribution in [1.82, 2.24) is 0 Å². The molecule has 0 spiro atoms. The summed E-state index contributed by atoms with van der Waals surface area (Å²) in [7, 11) is 0. The second kappa shape index (κ2) is 14.1. The molecule has 2 atom stereocenters. The Labute approximate surface area is 339 Å². The minimum atomic E-state index is -3.13. The van der Waals surface area contributed by atoms with Crippen LogP contribution in [0.2, 0.25) is 8.26 Å². The third-order valence-electron chi connectivity index (χ3n) is 13.1. The quantitative estimate of drug-likeness (QED) is 0.278. The van der Waals surface area contributed by atoms with Crippen LogP contribution in [0.3, 0.4) is 0 Å². The Balaban J connectivity index is 0.00000271. The van der Waals surface area contributed by atoms with E-state index in [4.69, 9.17) is 0 Å². The maximum Gasteiger partial charge on any atom is -1.00 e. The van der Waals surface area contributed by atoms with Crippen molar-refractivity contribution in [1.29, 1.82) is 0 Å². The summed E-state index contributed by atoms with van der Waals surface area (Å²) in [5, 5.41) is 0. The van der Waals surface area contributed by atoms with Crippen LogP contribution >= 0.6 is 0 Å². The molecule has 4 aliphatic carbocycles. The minimum absolute atomic E-state index is 0. The normalized spacial score (nSPS) is 24.2. The Morgan fingerprint density at radius 1 is 0.547 bits per heavy atom. The van der Waals surface area contributed by atoms with Crippen molar-refractivity contribution in [2.24, 2.45) is 11.8 Å². The zero-order valence-electron chi connectivity index (χ0n) is 34.9. The number of halogens is 2. The summed E-state index contributed by atoms with van der Waals surface area (Å²) in [4.78, 5) is 0. The molecule has 1 saturated heterocycles. The van der Waals surface area contributed by atoms with Gasteiger partial charge in [0.15, 0.2) is 0 Å². The summed E-state index contributed by atoms with van der Waals surface area (Å²) in [6, 6.07) is 19.2. The van der Waals surface area contributed by atoms with Crippen LogP contribution in [0.25, 0.3) is 0 Å². The van der Waals surface area contributed by atoms with E-state index in [0.29, 0.717) is 11.8 Å². The zero-order chi connectivity index (χ0) is 37.1. The van der Waals surface area contributed by atoms with E-state index in [0.717, 1.165) is 0 Å². The molecule has 0 amide bonds. The maximum atomic E-state index is 2.68. The standard InChI is InChI=1S/2C24H29.C2H4.2ClH.Zr/c2*1-16(2)18-14-21-17(3)12-13-24(7,22(21)15-18)20-10-8-19(9-11-20)23(4,5)6;1-2;;;/h2*8-13,15-16H,1-7H3;1-2H2;2*1H;/q;;;;;+2/p-2. The van der Waals surface area contributed by atoms with Gasteiger partial charge in [-0.25, -0.2) is 0 Å². The van der Waals surface area contributed by atoms with Crippen molar-refractivity contribution in [2.45, 2.75) is 127 Å². The fourth-order valence-corrected chi connectivity index (χ4v) is 25.4. The van der Waals surface area contributed by atoms with Crippen molar-refractivity contribution in [3.8, 4) is 0 Å². The monoisotopic (exact) mass is 822 g/mol. The molecule has 53 heavy (non-hydrogen) atoms. The van der Waals surface area contributed by atoms with Crippen molar-refractivity contribution in [2.75, 3.05) is 0 Å². The van der Waals surface area contributed by atoms with E-state index in [1.54, 1.807) is 33.4 Å². The first-order valence-corrected chi connectivity index (χ1v) is 25.6. The van der Waals surface area contributed by atoms with Gasteiger partial charge in [0.2, 0.25) is 0 Å². The molecule has 0 saturated carbocycles. The van der Waals surface area contributed by atoms with Gasteiger partial charge in [-0.3, -0.25) is 0 Å². The minimum Gasteiger partial charge on any atom is -1.00 e. The first-order chi connectivity index (χ1) is 23.7. The maximum absolute atomic E-state index is 3.13. The fraction of sp³-hybridized carbons (Fsp3) is 0.440. The average molecular weight is 825 g/mol. The largest absolute Gasteiger partial charge is 1.00 e. The summed E-state index contributed by atoms with van der Waals surface area (Å²) in [5.74, 6) is 0.981. The Bertz CT molecular complexity index is 1920. The topological polar surface area (TPSA) is 0 Å². The summed E-state index contributed by atoms with van der Waals surface area (Å²) in [5.41, 5.74) is 18.1. The van der Waals surface area contributed by atoms with E-state index in [2.05, 4.69) is 182 Å². The van der Waals surface area contributed by atoms with Gasteiger partial charge in [-0.05, 0) is 0 Å². The molecular weight excluding hydrogens is 763 g/mol. The molecule has 0 aromatic heterocycles. The molecule has 7 rings (SSSR count). The summed E-state index contributed by atoms with van der Waals surface area (Å²) in [6.45, 7) is 33.4. The average Bonchev–Trinajstić information content (AvgIpc) is 3.54. The molecule has 1 fully saturated rings. The molecule has 0 bridgehead atoms. The molecule has 1 heterocycles. The molecule has 1 aliphatic heterocycles. The molecule has 5 aliphatic rings. The van der Waals surface area contributed by atoms with Crippen LogP contribution in [0.5, 0.6) is 0 Å². The van der Waals surface area contributed by atoms with E-state index in [-0.39, 0.29) is 46.5 Å². The van der Waals surface area contributed by atoms with Gasteiger partial charge in [0, 0.05) is 0 Å². The number of rotatable bonds is 6. The van der Waals surface area contributed by atoms with Crippen LogP contribution in [0.4, 0.5) is 0 Å². The van der Waals surface area contributed by atoms with Gasteiger partial charge in [-0.15, -0.1) is 0 Å². The van der Waals surface area contributed by atoms with E-state index >= 15 is 0 Å². The number of fused-ring (bicyclic) bond motifs is 2. The van der Waals surface area contributed by atoms with E-state index in [1.165, 1.54) is 41.7 Å². The molecular formula is C50H62Cl2Zr. The summed E-state index contributed by atoms with van der Waals surface area (Å²) < 4.78 is 6.51. The Kier molecular flexibility index (Phi) is 11.2. The van der Waals surface area contributed by atoms with E-state index in [1.807, 2.05) is 6.56 Å². The van der Waals surface area contributed by atoms with Crippen LogP contribution in [0, 0.1) is 11.8 Å². The molecule has 2 aromatic rings. The molecule has 3 heteroatoms. The number of hydrogen-bond donors (Lipinski definition) is 0. The first kappa shape index (κ1) is 42.0. The predicted molar refractivity (Wildman–Crippen MR) is 218 cm³/mol. The van der Waals surface area contributed by atoms with Gasteiger partial charge in [0.1, 0.15) is 0 Å². The molecule has 0 nitrogen and oxygen atoms in total. The van der Waals surface area contributed by atoms with E-state index in [9.17, 15) is 0 Å². The molecule has 2 aromatic carbocycles. The second-order valence-corrected chi connectivity index (χ2v) is 29.7. The summed E-state index contributed by atoms with van der Waals surface area (Å²) in [6.07, 6.45) is 15.3. The third kappa shape index (κ3) is 6.66. The number of benzene rings is 2. The van der Waals surface area contributed by atoms with Crippen LogP contribution in [-0.4, -0.2) is 0 Å². The van der Waals surface area contributed by atoms with Crippen molar-refractivity contribution < 1.29 is 45.1 Å². The van der Waals surface area contributed by atoms with E-state index < -0.39 is 20.3 Å². The van der Waals surface area contributed by atoms with Gasteiger partial charge >= 0.3 is 317 Å². The Hall–Kier alpha value is -2.18. The number of hydrogen-bond acceptors (Lipinski definition) is 0. The molecule has 280 valence electrons. The zero-order valence-corrected chi connectivity index (χ0v) is 38.9. The van der Waals surface area contributed by atoms with Gasteiger partial charge in [-0.2, -0.15) is 0 Å². The summed E-state index contributed by atoms with van der Waals surface area (Å²) >= 11 is -3.13. The van der Waals surface area contributed by atoms with Crippen molar-refractivity contribution >= 4 is 0 Å². The molecule has 2 unspecified atom stereocenters. The first-order valence-electron chi connectivity index (χ1n) is 19.7. The Morgan fingerprint density at radius 2 is 0.868 bits per heavy atom. The van der Waals surface area contributed by atoms with Crippen LogP contribution in [0.1, 0.15) is 119 Å². The SMILES string of the molecule is CC1=C2C(=CC(C(C)C)=[C]2[Zr+2]2([C]3=C(C(C)C)C=C4C3=C(C)C=CC4(C)c3ccc(C(C)(C)C)cc3)[CH2][CH2]2)C(C)(c2ccc(C(C)(C)C)cc2)C=C1.[Cl-].[Cl-]. The van der Waals surface area contributed by atoms with Gasteiger partial charge < -0.3 is 24.8 Å². The fourth-order valence-electron chi connectivity index (χ4n) is 9.55. The number of allylic oxidation sites excluding steroid dienone is 16. The van der Waals surface area contributed by atoms with Crippen LogP contribution in [0.15, 0.2) is 136 Å². The van der Waals surface area contributed by atoms with Gasteiger partial charge in [0.05, 0.1) is 0 Å². The predicted octanol–water partition coefficient (Wildman–Crippen LogP) is 7.98. The van der Waals surface area contributed by atoms with Crippen LogP contribution < -0.4 is 24.8 Å². The second-order valence-electron chi connectivity index (χ2n) is 19.5. The van der Waals surface area contributed by atoms with Gasteiger partial charge in [0.25, 0.3) is 0 Å². The van der Waals surface area contributed by atoms with Crippen LogP contribution in [-0.2, 0) is 41.9 Å². The Morgan fingerprint density at radius 3 is 1.13 bits per heavy atom. The van der Waals surface area contributed by atoms with Gasteiger partial charge in [-0.1, -0.05) is 0 Å².